The Hall–Kier alpha value is -2.67. The number of ether oxygens (including phenoxy) is 2. The third-order valence-corrected chi connectivity index (χ3v) is 4.52. The van der Waals surface area contributed by atoms with Crippen molar-refractivity contribution in [2.75, 3.05) is 25.3 Å². The standard InChI is InChI=1S/C18H20N4O2S/c1-13-3-5-14(6-4-13)17-20-21-18(22(17)19)25-12-11-24-16-9-7-15(23-2)8-10-16/h3-10H,11-12,19H2,1-2H3. The number of methoxy groups -OCH3 is 1. The Morgan fingerprint density at radius 1 is 1.00 bits per heavy atom. The minimum absolute atomic E-state index is 0.545. The first kappa shape index (κ1) is 17.2. The van der Waals surface area contributed by atoms with Crippen LogP contribution in [0.15, 0.2) is 53.7 Å². The normalized spacial score (nSPS) is 10.6. The number of thioether (sulfide) groups is 1. The second kappa shape index (κ2) is 7.94. The summed E-state index contributed by atoms with van der Waals surface area (Å²) in [5.74, 6) is 9.09. The van der Waals surface area contributed by atoms with Gasteiger partial charge in [-0.3, -0.25) is 0 Å². The molecule has 0 aliphatic heterocycles. The first-order valence-electron chi connectivity index (χ1n) is 7.84. The molecule has 0 saturated carbocycles. The Labute approximate surface area is 150 Å². The molecule has 3 aromatic rings. The molecule has 0 unspecified atom stereocenters. The molecule has 0 spiro atoms. The third kappa shape index (κ3) is 4.24. The Morgan fingerprint density at radius 3 is 2.36 bits per heavy atom. The van der Waals surface area contributed by atoms with E-state index in [1.54, 1.807) is 7.11 Å². The van der Waals surface area contributed by atoms with E-state index < -0.39 is 0 Å². The summed E-state index contributed by atoms with van der Waals surface area (Å²) in [5, 5.41) is 9.01. The molecule has 130 valence electrons. The maximum Gasteiger partial charge on any atom is 0.210 e. The molecule has 0 bridgehead atoms. The van der Waals surface area contributed by atoms with E-state index in [1.165, 1.54) is 22.0 Å². The highest BCUT2D eigenvalue weighted by atomic mass is 32.2. The molecule has 0 radical (unpaired) electrons. The van der Waals surface area contributed by atoms with Gasteiger partial charge in [-0.25, -0.2) is 4.68 Å². The lowest BCUT2D eigenvalue weighted by Crippen LogP contribution is -2.12. The second-order valence-corrected chi connectivity index (χ2v) is 6.48. The highest BCUT2D eigenvalue weighted by molar-refractivity contribution is 7.99. The fourth-order valence-electron chi connectivity index (χ4n) is 2.24. The van der Waals surface area contributed by atoms with Gasteiger partial charge < -0.3 is 15.3 Å². The lowest BCUT2D eigenvalue weighted by Gasteiger charge is -2.07. The number of nitrogens with two attached hydrogens (primary N) is 1. The van der Waals surface area contributed by atoms with Crippen LogP contribution in [0.4, 0.5) is 0 Å². The van der Waals surface area contributed by atoms with Gasteiger partial charge in [0.1, 0.15) is 11.5 Å². The number of hydrogen-bond donors (Lipinski definition) is 1. The minimum Gasteiger partial charge on any atom is -0.497 e. The van der Waals surface area contributed by atoms with E-state index in [0.29, 0.717) is 17.6 Å². The molecule has 2 N–H and O–H groups in total. The van der Waals surface area contributed by atoms with Crippen LogP contribution in [0.2, 0.25) is 0 Å². The van der Waals surface area contributed by atoms with Crippen molar-refractivity contribution < 1.29 is 9.47 Å². The fourth-order valence-corrected chi connectivity index (χ4v) is 2.91. The molecule has 7 heteroatoms. The number of nitrogen functional groups attached to an aromatic ring is 1. The number of hydrogen-bond acceptors (Lipinski definition) is 6. The quantitative estimate of drug-likeness (QED) is 0.398. The van der Waals surface area contributed by atoms with Crippen LogP contribution in [0, 0.1) is 6.92 Å². The minimum atomic E-state index is 0.545. The summed E-state index contributed by atoms with van der Waals surface area (Å²) >= 11 is 1.51. The van der Waals surface area contributed by atoms with Crippen LogP contribution in [0.1, 0.15) is 5.56 Å². The molecule has 0 fully saturated rings. The Balaban J connectivity index is 1.54. The number of benzene rings is 2. The molecule has 0 amide bonds. The lowest BCUT2D eigenvalue weighted by molar-refractivity contribution is 0.342. The van der Waals surface area contributed by atoms with E-state index in [-0.39, 0.29) is 0 Å². The molecule has 0 aliphatic rings. The second-order valence-electron chi connectivity index (χ2n) is 5.41. The van der Waals surface area contributed by atoms with E-state index in [1.807, 2.05) is 55.5 Å². The fraction of sp³-hybridized carbons (Fsp3) is 0.222. The first-order chi connectivity index (χ1) is 12.2. The zero-order chi connectivity index (χ0) is 17.6. The summed E-state index contributed by atoms with van der Waals surface area (Å²) in [4.78, 5) is 0. The SMILES string of the molecule is COc1ccc(OCCSc2nnc(-c3ccc(C)cc3)n2N)cc1. The van der Waals surface area contributed by atoms with Crippen LogP contribution < -0.4 is 15.3 Å². The van der Waals surface area contributed by atoms with Crippen molar-refractivity contribution in [2.45, 2.75) is 12.1 Å². The van der Waals surface area contributed by atoms with E-state index in [0.717, 1.165) is 22.8 Å². The molecule has 6 nitrogen and oxygen atoms in total. The van der Waals surface area contributed by atoms with Gasteiger partial charge in [0.25, 0.3) is 0 Å². The van der Waals surface area contributed by atoms with Crippen molar-refractivity contribution in [3.8, 4) is 22.9 Å². The van der Waals surface area contributed by atoms with Gasteiger partial charge in [-0.15, -0.1) is 10.2 Å². The average molecular weight is 356 g/mol. The third-order valence-electron chi connectivity index (χ3n) is 3.62. The Bertz CT molecular complexity index is 816. The van der Waals surface area contributed by atoms with Crippen molar-refractivity contribution in [1.82, 2.24) is 14.9 Å². The van der Waals surface area contributed by atoms with Crippen molar-refractivity contribution in [3.05, 3.63) is 54.1 Å². The van der Waals surface area contributed by atoms with Crippen LogP contribution in [-0.4, -0.2) is 34.3 Å². The first-order valence-corrected chi connectivity index (χ1v) is 8.83. The van der Waals surface area contributed by atoms with Gasteiger partial charge in [0.2, 0.25) is 5.16 Å². The molecule has 2 aromatic carbocycles. The van der Waals surface area contributed by atoms with E-state index in [9.17, 15) is 0 Å². The van der Waals surface area contributed by atoms with Gasteiger partial charge in [0.15, 0.2) is 5.82 Å². The van der Waals surface area contributed by atoms with Crippen molar-refractivity contribution >= 4 is 11.8 Å². The monoisotopic (exact) mass is 356 g/mol. The van der Waals surface area contributed by atoms with Crippen molar-refractivity contribution in [1.29, 1.82) is 0 Å². The predicted octanol–water partition coefficient (Wildman–Crippen LogP) is 3.15. The summed E-state index contributed by atoms with van der Waals surface area (Å²) in [5.41, 5.74) is 2.14. The largest absolute Gasteiger partial charge is 0.497 e. The average Bonchev–Trinajstić information content (AvgIpc) is 3.01. The van der Waals surface area contributed by atoms with E-state index in [2.05, 4.69) is 10.2 Å². The molecule has 1 aromatic heterocycles. The number of nitrogens with zero attached hydrogens (tertiary/aromatic N) is 3. The Morgan fingerprint density at radius 2 is 1.68 bits per heavy atom. The van der Waals surface area contributed by atoms with Crippen molar-refractivity contribution in [2.24, 2.45) is 0 Å². The molecule has 1 heterocycles. The van der Waals surface area contributed by atoms with E-state index >= 15 is 0 Å². The lowest BCUT2D eigenvalue weighted by atomic mass is 10.1. The molecule has 0 saturated heterocycles. The molecule has 25 heavy (non-hydrogen) atoms. The summed E-state index contributed by atoms with van der Waals surface area (Å²) in [6.45, 7) is 2.59. The molecule has 3 rings (SSSR count). The number of aryl methyl sites for hydroxylation is 1. The maximum absolute atomic E-state index is 6.11. The van der Waals surface area contributed by atoms with Gasteiger partial charge in [-0.1, -0.05) is 41.6 Å². The topological polar surface area (TPSA) is 75.2 Å². The van der Waals surface area contributed by atoms with Crippen molar-refractivity contribution in [3.63, 3.8) is 0 Å². The van der Waals surface area contributed by atoms with Crippen LogP contribution >= 0.6 is 11.8 Å². The highest BCUT2D eigenvalue weighted by Crippen LogP contribution is 2.22. The summed E-state index contributed by atoms with van der Waals surface area (Å²) in [7, 11) is 1.64. The Kier molecular flexibility index (Phi) is 5.45. The smallest absolute Gasteiger partial charge is 0.210 e. The van der Waals surface area contributed by atoms with Crippen LogP contribution in [0.5, 0.6) is 11.5 Å². The zero-order valence-electron chi connectivity index (χ0n) is 14.2. The van der Waals surface area contributed by atoms with Gasteiger partial charge in [-0.2, -0.15) is 0 Å². The summed E-state index contributed by atoms with van der Waals surface area (Å²) in [6, 6.07) is 15.5. The molecular formula is C18H20N4O2S. The van der Waals surface area contributed by atoms with Crippen LogP contribution in [0.25, 0.3) is 11.4 Å². The molecule has 0 atom stereocenters. The van der Waals surface area contributed by atoms with Gasteiger partial charge in [0.05, 0.1) is 13.7 Å². The van der Waals surface area contributed by atoms with Crippen LogP contribution in [-0.2, 0) is 0 Å². The van der Waals surface area contributed by atoms with E-state index in [4.69, 9.17) is 15.3 Å². The summed E-state index contributed by atoms with van der Waals surface area (Å²) in [6.07, 6.45) is 0. The maximum atomic E-state index is 6.11. The van der Waals surface area contributed by atoms with Crippen LogP contribution in [0.3, 0.4) is 0 Å². The predicted molar refractivity (Wildman–Crippen MR) is 99.6 cm³/mol. The number of rotatable bonds is 7. The molecule has 0 aliphatic carbocycles. The van der Waals surface area contributed by atoms with Gasteiger partial charge in [0, 0.05) is 11.3 Å². The highest BCUT2D eigenvalue weighted by Gasteiger charge is 2.11. The number of aromatic nitrogens is 3. The zero-order valence-corrected chi connectivity index (χ0v) is 15.0. The molecular weight excluding hydrogens is 336 g/mol. The summed E-state index contributed by atoms with van der Waals surface area (Å²) < 4.78 is 12.3. The van der Waals surface area contributed by atoms with Gasteiger partial charge >= 0.3 is 0 Å². The van der Waals surface area contributed by atoms with Gasteiger partial charge in [-0.05, 0) is 31.2 Å².